The number of ether oxygens (including phenoxy) is 1. The maximum Gasteiger partial charge on any atom is 0.329 e. The topological polar surface area (TPSA) is 177 Å². The summed E-state index contributed by atoms with van der Waals surface area (Å²) in [6.07, 6.45) is 1.84. The van der Waals surface area contributed by atoms with Crippen LogP contribution in [-0.2, 0) is 41.6 Å². The minimum atomic E-state index is -1.16. The first-order valence-corrected chi connectivity index (χ1v) is 12.6. The Bertz CT molecular complexity index is 1090. The van der Waals surface area contributed by atoms with Crippen LogP contribution in [0.2, 0.25) is 0 Å². The molecule has 1 fully saturated rings. The number of esters is 1. The normalized spacial score (nSPS) is 17.8. The Morgan fingerprint density at radius 3 is 2.24 bits per heavy atom. The fourth-order valence-electron chi connectivity index (χ4n) is 4.61. The van der Waals surface area contributed by atoms with Gasteiger partial charge in [0.1, 0.15) is 18.2 Å². The van der Waals surface area contributed by atoms with Gasteiger partial charge in [0.25, 0.3) is 5.91 Å². The molecule has 0 bridgehead atoms. The average Bonchev–Trinajstić information content (AvgIpc) is 3.50. The van der Waals surface area contributed by atoms with Crippen LogP contribution in [0.25, 0.3) is 0 Å². The van der Waals surface area contributed by atoms with Crippen molar-refractivity contribution in [3.8, 4) is 0 Å². The number of urea groups is 1. The molecular formula is C26H35N5O7. The van der Waals surface area contributed by atoms with Crippen LogP contribution in [0.15, 0.2) is 24.3 Å². The van der Waals surface area contributed by atoms with Crippen LogP contribution in [0.1, 0.15) is 44.7 Å². The molecule has 1 aromatic carbocycles. The number of nitrogens with one attached hydrogen (secondary N) is 3. The van der Waals surface area contributed by atoms with E-state index in [1.54, 1.807) is 20.8 Å². The molecule has 2 atom stereocenters. The number of amides is 5. The summed E-state index contributed by atoms with van der Waals surface area (Å²) in [6.45, 7) is 4.73. The zero-order valence-electron chi connectivity index (χ0n) is 21.9. The number of benzene rings is 1. The highest BCUT2D eigenvalue weighted by atomic mass is 16.5. The molecule has 38 heavy (non-hydrogen) atoms. The molecule has 0 spiro atoms. The molecular weight excluding hydrogens is 494 g/mol. The van der Waals surface area contributed by atoms with Crippen molar-refractivity contribution < 1.29 is 33.5 Å². The first-order chi connectivity index (χ1) is 17.9. The van der Waals surface area contributed by atoms with E-state index in [0.717, 1.165) is 11.1 Å². The van der Waals surface area contributed by atoms with Gasteiger partial charge in [-0.1, -0.05) is 45.0 Å². The number of hydrogen-bond donors (Lipinski definition) is 4. The van der Waals surface area contributed by atoms with E-state index < -0.39 is 66.1 Å². The van der Waals surface area contributed by atoms with Crippen molar-refractivity contribution >= 4 is 35.5 Å². The highest BCUT2D eigenvalue weighted by Crippen LogP contribution is 2.26. The van der Waals surface area contributed by atoms with Gasteiger partial charge in [0.05, 0.1) is 13.1 Å². The maximum absolute atomic E-state index is 13.0. The number of nitrogens with zero attached hydrogens (tertiary/aromatic N) is 1. The van der Waals surface area contributed by atoms with Crippen molar-refractivity contribution in [1.82, 2.24) is 20.9 Å². The van der Waals surface area contributed by atoms with E-state index in [4.69, 9.17) is 10.5 Å². The third-order valence-corrected chi connectivity index (χ3v) is 6.65. The summed E-state index contributed by atoms with van der Waals surface area (Å²) in [4.78, 5) is 74.3. The molecule has 5 amide bonds. The van der Waals surface area contributed by atoms with E-state index >= 15 is 0 Å². The molecule has 1 aliphatic carbocycles. The molecule has 0 aromatic heterocycles. The first-order valence-electron chi connectivity index (χ1n) is 12.6. The summed E-state index contributed by atoms with van der Waals surface area (Å²) in [5, 5.41) is 7.38. The average molecular weight is 530 g/mol. The number of ketones is 1. The Hall–Kier alpha value is -3.96. The van der Waals surface area contributed by atoms with Gasteiger partial charge in [-0.25, -0.2) is 9.59 Å². The fraction of sp³-hybridized carbons (Fsp3) is 0.538. The highest BCUT2D eigenvalue weighted by Gasteiger charge is 2.37. The molecule has 1 heterocycles. The number of primary amides is 1. The number of likely N-dealkylation sites (tertiary alicyclic amines) is 1. The van der Waals surface area contributed by atoms with E-state index in [-0.39, 0.29) is 6.10 Å². The second-order valence-electron chi connectivity index (χ2n) is 10.6. The zero-order valence-corrected chi connectivity index (χ0v) is 21.9. The van der Waals surface area contributed by atoms with Crippen molar-refractivity contribution in [3.05, 3.63) is 35.4 Å². The van der Waals surface area contributed by atoms with Gasteiger partial charge in [0.15, 0.2) is 0 Å². The van der Waals surface area contributed by atoms with Crippen molar-refractivity contribution in [1.29, 1.82) is 0 Å². The van der Waals surface area contributed by atoms with Crippen LogP contribution in [0.5, 0.6) is 0 Å². The van der Waals surface area contributed by atoms with Gasteiger partial charge < -0.3 is 31.3 Å². The molecule has 12 heteroatoms. The monoisotopic (exact) mass is 529 g/mol. The van der Waals surface area contributed by atoms with Crippen LogP contribution in [0.3, 0.4) is 0 Å². The van der Waals surface area contributed by atoms with Crippen LogP contribution in [-0.4, -0.2) is 78.2 Å². The predicted octanol–water partition coefficient (Wildman–Crippen LogP) is -0.427. The first kappa shape index (κ1) is 28.6. The summed E-state index contributed by atoms with van der Waals surface area (Å²) >= 11 is 0. The highest BCUT2D eigenvalue weighted by molar-refractivity contribution is 6.36. The Balaban J connectivity index is 1.51. The van der Waals surface area contributed by atoms with Gasteiger partial charge >= 0.3 is 12.0 Å². The second-order valence-corrected chi connectivity index (χ2v) is 10.6. The number of rotatable bonds is 9. The zero-order chi connectivity index (χ0) is 28.0. The molecule has 2 aliphatic rings. The van der Waals surface area contributed by atoms with E-state index in [9.17, 15) is 28.8 Å². The van der Waals surface area contributed by atoms with Gasteiger partial charge in [-0.05, 0) is 29.4 Å². The van der Waals surface area contributed by atoms with Crippen molar-refractivity contribution in [2.45, 2.75) is 64.6 Å². The molecule has 5 N–H and O–H groups in total. The number of carbonyl (C=O) groups excluding carboxylic acids is 6. The summed E-state index contributed by atoms with van der Waals surface area (Å²) < 4.78 is 5.73. The van der Waals surface area contributed by atoms with Crippen molar-refractivity contribution in [3.63, 3.8) is 0 Å². The molecule has 0 saturated carbocycles. The van der Waals surface area contributed by atoms with Crippen LogP contribution >= 0.6 is 0 Å². The van der Waals surface area contributed by atoms with E-state index in [1.807, 2.05) is 24.3 Å². The number of hydrogen-bond acceptors (Lipinski definition) is 7. The predicted molar refractivity (Wildman–Crippen MR) is 135 cm³/mol. The largest absolute Gasteiger partial charge is 0.460 e. The molecule has 0 radical (unpaired) electrons. The number of Topliss-reactive ketones (excluding diaryl/α,β-unsaturated/α-hetero) is 1. The van der Waals surface area contributed by atoms with Crippen LogP contribution < -0.4 is 21.7 Å². The minimum absolute atomic E-state index is 0.296. The van der Waals surface area contributed by atoms with Gasteiger partial charge in [-0.15, -0.1) is 0 Å². The van der Waals surface area contributed by atoms with Gasteiger partial charge in [0, 0.05) is 19.4 Å². The summed E-state index contributed by atoms with van der Waals surface area (Å²) in [7, 11) is 0. The third kappa shape index (κ3) is 7.30. The van der Waals surface area contributed by atoms with Crippen molar-refractivity contribution in [2.75, 3.05) is 19.6 Å². The molecule has 206 valence electrons. The van der Waals surface area contributed by atoms with E-state index in [0.29, 0.717) is 32.2 Å². The minimum Gasteiger partial charge on any atom is -0.460 e. The second kappa shape index (κ2) is 12.1. The molecule has 1 aliphatic heterocycles. The lowest BCUT2D eigenvalue weighted by Crippen LogP contribution is -2.55. The molecule has 1 saturated heterocycles. The molecule has 3 rings (SSSR count). The Morgan fingerprint density at radius 1 is 1.03 bits per heavy atom. The number of carbonyl (C=O) groups is 6. The third-order valence-electron chi connectivity index (χ3n) is 6.65. The maximum atomic E-state index is 13.0. The quantitative estimate of drug-likeness (QED) is 0.248. The Labute approximate surface area is 221 Å². The van der Waals surface area contributed by atoms with Crippen LogP contribution in [0, 0.1) is 5.41 Å². The molecule has 1 aromatic rings. The van der Waals surface area contributed by atoms with Gasteiger partial charge in [0.2, 0.25) is 17.6 Å². The number of fused-ring (bicyclic) bond motifs is 1. The fourth-order valence-corrected chi connectivity index (χ4v) is 4.61. The lowest BCUT2D eigenvalue weighted by molar-refractivity contribution is -0.153. The molecule has 12 nitrogen and oxygen atoms in total. The summed E-state index contributed by atoms with van der Waals surface area (Å²) in [6, 6.07) is 5.36. The lowest BCUT2D eigenvalue weighted by atomic mass is 9.87. The summed E-state index contributed by atoms with van der Waals surface area (Å²) in [5.41, 5.74) is 6.48. The van der Waals surface area contributed by atoms with Crippen molar-refractivity contribution in [2.24, 2.45) is 11.1 Å². The van der Waals surface area contributed by atoms with E-state index in [2.05, 4.69) is 16.0 Å². The van der Waals surface area contributed by atoms with Gasteiger partial charge in [-0.3, -0.25) is 19.2 Å². The SMILES string of the molecule is CC(C)(C)[C@@H](NC(=O)NCC(=O)N1CCC[C@H]1C(=O)NCC(=O)C(N)=O)C(=O)OC1Cc2ccccc2C1. The lowest BCUT2D eigenvalue weighted by Gasteiger charge is -2.30. The van der Waals surface area contributed by atoms with Crippen LogP contribution in [0.4, 0.5) is 4.79 Å². The Morgan fingerprint density at radius 2 is 1.66 bits per heavy atom. The smallest absolute Gasteiger partial charge is 0.329 e. The summed E-state index contributed by atoms with van der Waals surface area (Å²) in [5.74, 6) is -3.75. The molecule has 0 unspecified atom stereocenters. The van der Waals surface area contributed by atoms with Gasteiger partial charge in [-0.2, -0.15) is 0 Å². The number of nitrogens with two attached hydrogens (primary N) is 1. The van der Waals surface area contributed by atoms with E-state index in [1.165, 1.54) is 4.90 Å². The Kier molecular flexibility index (Phi) is 9.08. The standard InChI is InChI=1S/C26H35N5O7/c1-26(2,3)21(24(36)38-17-11-15-7-4-5-8-16(15)12-17)30-25(37)29-14-20(33)31-10-6-9-18(31)23(35)28-13-19(32)22(27)34/h4-5,7-8,17-18,21H,6,9-14H2,1-3H3,(H2,27,34)(H,28,35)(H2,29,30,37)/t18-,21-/m0/s1.